The molecule has 1 atom stereocenters. The molecule has 0 fully saturated rings. The minimum atomic E-state index is -4.16. The van der Waals surface area contributed by atoms with E-state index in [9.17, 15) is 13.2 Å². The van der Waals surface area contributed by atoms with Crippen molar-refractivity contribution in [2.45, 2.75) is 22.7 Å². The molecule has 0 aliphatic carbocycles. The van der Waals surface area contributed by atoms with E-state index in [0.29, 0.717) is 0 Å². The molecule has 18 heavy (non-hydrogen) atoms. The second-order valence-electron chi connectivity index (χ2n) is 3.92. The van der Waals surface area contributed by atoms with Crippen LogP contribution in [-0.2, 0) is 0 Å². The molecule has 0 spiro atoms. The molecule has 0 radical (unpaired) electrons. The molecule has 1 heterocycles. The van der Waals surface area contributed by atoms with Gasteiger partial charge in [-0.05, 0) is 0 Å². The number of hydrogen-bond donors (Lipinski definition) is 1. The summed E-state index contributed by atoms with van der Waals surface area (Å²) in [4.78, 5) is 1.84. The molecule has 0 bridgehead atoms. The largest absolute Gasteiger partial charge is 0.401 e. The van der Waals surface area contributed by atoms with Crippen LogP contribution in [0.2, 0.25) is 0 Å². The van der Waals surface area contributed by atoms with E-state index >= 15 is 0 Å². The summed E-state index contributed by atoms with van der Waals surface area (Å²) in [5.41, 5.74) is 0. The Bertz CT molecular complexity index is 367. The highest BCUT2D eigenvalue weighted by Gasteiger charge is 2.26. The molecular formula is C9H15F3N4S2. The molecule has 0 aliphatic rings. The fourth-order valence-electron chi connectivity index (χ4n) is 1.06. The third-order valence-corrected chi connectivity index (χ3v) is 4.11. The van der Waals surface area contributed by atoms with Gasteiger partial charge in [-0.3, -0.25) is 0 Å². The number of halogens is 3. The van der Waals surface area contributed by atoms with Gasteiger partial charge in [0.1, 0.15) is 0 Å². The molecule has 0 amide bonds. The Balaban J connectivity index is 2.33. The van der Waals surface area contributed by atoms with Gasteiger partial charge in [0.2, 0.25) is 5.13 Å². The lowest BCUT2D eigenvalue weighted by Crippen LogP contribution is -2.32. The Hall–Kier alpha value is -0.540. The van der Waals surface area contributed by atoms with Crippen LogP contribution in [-0.4, -0.2) is 48.8 Å². The minimum absolute atomic E-state index is 0.00955. The zero-order valence-corrected chi connectivity index (χ0v) is 11.9. The molecule has 1 aromatic heterocycles. The Morgan fingerprint density at radius 1 is 1.39 bits per heavy atom. The van der Waals surface area contributed by atoms with Gasteiger partial charge in [0, 0.05) is 25.9 Å². The van der Waals surface area contributed by atoms with Crippen LogP contribution in [0.3, 0.4) is 0 Å². The summed E-state index contributed by atoms with van der Waals surface area (Å²) >= 11 is 2.85. The van der Waals surface area contributed by atoms with Crippen molar-refractivity contribution in [1.29, 1.82) is 0 Å². The van der Waals surface area contributed by atoms with Crippen molar-refractivity contribution < 1.29 is 13.2 Å². The number of hydrogen-bond acceptors (Lipinski definition) is 6. The van der Waals surface area contributed by atoms with E-state index in [1.165, 1.54) is 23.1 Å². The first kappa shape index (κ1) is 15.5. The maximum atomic E-state index is 11.9. The number of nitrogens with one attached hydrogen (secondary N) is 1. The average Bonchev–Trinajstić information content (AvgIpc) is 2.64. The first-order valence-corrected chi connectivity index (χ1v) is 6.92. The first-order valence-electron chi connectivity index (χ1n) is 5.23. The molecule has 0 saturated carbocycles. The predicted octanol–water partition coefficient (Wildman–Crippen LogP) is 2.24. The highest BCUT2D eigenvalue weighted by molar-refractivity contribution is 8.01. The molecule has 0 aliphatic heterocycles. The van der Waals surface area contributed by atoms with Crippen molar-refractivity contribution in [3.8, 4) is 0 Å². The third-order valence-electron chi connectivity index (χ3n) is 1.84. The summed E-state index contributed by atoms with van der Waals surface area (Å²) in [6, 6.07) is 0. The van der Waals surface area contributed by atoms with Crippen molar-refractivity contribution in [2.24, 2.45) is 0 Å². The summed E-state index contributed by atoms with van der Waals surface area (Å²) in [6.07, 6.45) is -4.16. The molecule has 1 aromatic rings. The van der Waals surface area contributed by atoms with Crippen molar-refractivity contribution in [2.75, 3.05) is 32.1 Å². The van der Waals surface area contributed by atoms with E-state index in [1.807, 2.05) is 25.9 Å². The van der Waals surface area contributed by atoms with E-state index in [0.717, 1.165) is 9.47 Å². The Morgan fingerprint density at radius 3 is 2.56 bits per heavy atom. The first-order chi connectivity index (χ1) is 8.28. The number of anilines is 1. The highest BCUT2D eigenvalue weighted by atomic mass is 32.2. The quantitative estimate of drug-likeness (QED) is 0.816. The third kappa shape index (κ3) is 5.87. The molecule has 0 saturated heterocycles. The standard InChI is InChI=1S/C9H15F3N4S2/c1-6(4-13-5-9(10,11)12)17-8-15-14-7(18-8)16(2)3/h6,13H,4-5H2,1-3H3. The smallest absolute Gasteiger partial charge is 0.353 e. The predicted molar refractivity (Wildman–Crippen MR) is 68.5 cm³/mol. The van der Waals surface area contributed by atoms with Crippen LogP contribution in [0.15, 0.2) is 4.34 Å². The second-order valence-corrected chi connectivity index (χ2v) is 6.56. The van der Waals surface area contributed by atoms with Crippen molar-refractivity contribution in [3.63, 3.8) is 0 Å². The lowest BCUT2D eigenvalue weighted by molar-refractivity contribution is -0.124. The van der Waals surface area contributed by atoms with E-state index in [-0.39, 0.29) is 11.8 Å². The lowest BCUT2D eigenvalue weighted by atomic mass is 10.4. The number of nitrogens with zero attached hydrogens (tertiary/aromatic N) is 3. The summed E-state index contributed by atoms with van der Waals surface area (Å²) in [7, 11) is 3.73. The van der Waals surface area contributed by atoms with Crippen LogP contribution in [0.1, 0.15) is 6.92 Å². The zero-order valence-electron chi connectivity index (χ0n) is 10.3. The van der Waals surface area contributed by atoms with E-state index in [4.69, 9.17) is 0 Å². The number of rotatable bonds is 6. The van der Waals surface area contributed by atoms with Crippen LogP contribution >= 0.6 is 23.1 Å². The number of alkyl halides is 3. The maximum Gasteiger partial charge on any atom is 0.401 e. The van der Waals surface area contributed by atoms with Crippen LogP contribution < -0.4 is 10.2 Å². The average molecular weight is 300 g/mol. The van der Waals surface area contributed by atoms with E-state index in [1.54, 1.807) is 0 Å². The van der Waals surface area contributed by atoms with Crippen molar-refractivity contribution in [3.05, 3.63) is 0 Å². The second kappa shape index (κ2) is 6.58. The lowest BCUT2D eigenvalue weighted by Gasteiger charge is -2.12. The van der Waals surface area contributed by atoms with Gasteiger partial charge in [-0.25, -0.2) is 0 Å². The van der Waals surface area contributed by atoms with Crippen LogP contribution in [0.5, 0.6) is 0 Å². The Morgan fingerprint density at radius 2 is 2.06 bits per heavy atom. The highest BCUT2D eigenvalue weighted by Crippen LogP contribution is 2.29. The topological polar surface area (TPSA) is 41.1 Å². The van der Waals surface area contributed by atoms with Gasteiger partial charge >= 0.3 is 6.18 Å². The summed E-state index contributed by atoms with van der Waals surface area (Å²) in [5.74, 6) is 0. The summed E-state index contributed by atoms with van der Waals surface area (Å²) in [6.45, 7) is 1.17. The van der Waals surface area contributed by atoms with Crippen molar-refractivity contribution in [1.82, 2.24) is 15.5 Å². The molecule has 104 valence electrons. The van der Waals surface area contributed by atoms with Crippen LogP contribution in [0.25, 0.3) is 0 Å². The molecule has 0 aromatic carbocycles. The molecule has 1 N–H and O–H groups in total. The summed E-state index contributed by atoms with van der Waals surface area (Å²) in [5, 5.41) is 11.1. The molecular weight excluding hydrogens is 285 g/mol. The fraction of sp³-hybridized carbons (Fsp3) is 0.778. The SMILES string of the molecule is CC(CNCC(F)(F)F)Sc1nnc(N(C)C)s1. The van der Waals surface area contributed by atoms with E-state index in [2.05, 4.69) is 15.5 Å². The van der Waals surface area contributed by atoms with Crippen LogP contribution in [0, 0.1) is 0 Å². The molecule has 1 unspecified atom stereocenters. The summed E-state index contributed by atoms with van der Waals surface area (Å²) < 4.78 is 36.6. The zero-order chi connectivity index (χ0) is 13.8. The van der Waals surface area contributed by atoms with Gasteiger partial charge < -0.3 is 10.2 Å². The van der Waals surface area contributed by atoms with Gasteiger partial charge in [0.25, 0.3) is 0 Å². The van der Waals surface area contributed by atoms with E-state index < -0.39 is 12.7 Å². The number of aromatic nitrogens is 2. The monoisotopic (exact) mass is 300 g/mol. The minimum Gasteiger partial charge on any atom is -0.353 e. The van der Waals surface area contributed by atoms with Gasteiger partial charge in [0.05, 0.1) is 6.54 Å². The van der Waals surface area contributed by atoms with Gasteiger partial charge in [-0.15, -0.1) is 10.2 Å². The van der Waals surface area contributed by atoms with Crippen molar-refractivity contribution >= 4 is 28.2 Å². The molecule has 4 nitrogen and oxygen atoms in total. The fourth-order valence-corrected chi connectivity index (χ4v) is 3.11. The molecule has 9 heteroatoms. The van der Waals surface area contributed by atoms with Gasteiger partial charge in [0.15, 0.2) is 4.34 Å². The van der Waals surface area contributed by atoms with Gasteiger partial charge in [-0.2, -0.15) is 13.2 Å². The maximum absolute atomic E-state index is 11.9. The number of thioether (sulfide) groups is 1. The van der Waals surface area contributed by atoms with Crippen LogP contribution in [0.4, 0.5) is 18.3 Å². The Labute approximate surface area is 112 Å². The Kier molecular flexibility index (Phi) is 5.67. The molecule has 1 rings (SSSR count). The normalized spacial score (nSPS) is 13.7. The van der Waals surface area contributed by atoms with Gasteiger partial charge in [-0.1, -0.05) is 30.0 Å².